The first kappa shape index (κ1) is 34.8. The topological polar surface area (TPSA) is 72.6 Å². The molecule has 0 amide bonds. The van der Waals surface area contributed by atoms with Crippen LogP contribution in [0.2, 0.25) is 0 Å². The van der Waals surface area contributed by atoms with E-state index in [-0.39, 0.29) is 5.75 Å². The van der Waals surface area contributed by atoms with Crippen molar-refractivity contribution in [2.24, 2.45) is 15.2 Å². The van der Waals surface area contributed by atoms with Gasteiger partial charge in [0, 0.05) is 38.8 Å². The lowest BCUT2D eigenvalue weighted by Gasteiger charge is -2.28. The molecule has 6 heteroatoms. The second-order valence-electron chi connectivity index (χ2n) is 8.26. The Morgan fingerprint density at radius 3 is 2.18 bits per heavy atom. The van der Waals surface area contributed by atoms with Crippen LogP contribution in [-0.2, 0) is 0 Å². The average molecular weight is 522 g/mol. The van der Waals surface area contributed by atoms with Crippen molar-refractivity contribution in [3.8, 4) is 5.75 Å². The Morgan fingerprint density at radius 2 is 1.68 bits per heavy atom. The van der Waals surface area contributed by atoms with E-state index < -0.39 is 0 Å². The van der Waals surface area contributed by atoms with Gasteiger partial charge in [-0.05, 0) is 73.4 Å². The third-order valence-electron chi connectivity index (χ3n) is 5.54. The summed E-state index contributed by atoms with van der Waals surface area (Å²) >= 11 is 0. The molecule has 0 spiro atoms. The van der Waals surface area contributed by atoms with Crippen LogP contribution in [0.15, 0.2) is 75.4 Å². The van der Waals surface area contributed by atoms with E-state index in [2.05, 4.69) is 58.0 Å². The number of aliphatic imine (C=N–C) groups is 1. The fourth-order valence-electron chi connectivity index (χ4n) is 3.81. The predicted octanol–water partition coefficient (Wildman–Crippen LogP) is 7.44. The van der Waals surface area contributed by atoms with E-state index in [0.29, 0.717) is 11.3 Å². The summed E-state index contributed by atoms with van der Waals surface area (Å²) in [5, 5.41) is 22.8. The summed E-state index contributed by atoms with van der Waals surface area (Å²) in [7, 11) is 1.80. The first-order valence-electron chi connectivity index (χ1n) is 14.0. The van der Waals surface area contributed by atoms with Gasteiger partial charge in [0.1, 0.15) is 11.6 Å². The third kappa shape index (κ3) is 10.3. The molecule has 0 bridgehead atoms. The first-order chi connectivity index (χ1) is 18.4. The minimum atomic E-state index is 0.148. The number of amidine groups is 1. The molecule has 210 valence electrons. The van der Waals surface area contributed by atoms with E-state index in [1.54, 1.807) is 19.2 Å². The number of piperazine rings is 1. The van der Waals surface area contributed by atoms with Crippen LogP contribution in [0.1, 0.15) is 79.9 Å². The largest absolute Gasteiger partial charge is 0.507 e. The van der Waals surface area contributed by atoms with Gasteiger partial charge in [-0.2, -0.15) is 0 Å². The molecule has 1 saturated heterocycles. The van der Waals surface area contributed by atoms with Crippen molar-refractivity contribution in [1.29, 1.82) is 0 Å². The number of phenolic OH excluding ortho intramolecular Hbond substituents is 1. The molecular weight excluding hydrogens is 470 g/mol. The highest BCUT2D eigenvalue weighted by atomic mass is 16.3. The minimum Gasteiger partial charge on any atom is -0.507 e. The number of hydrogen-bond acceptors (Lipinski definition) is 5. The van der Waals surface area contributed by atoms with E-state index in [1.807, 2.05) is 66.7 Å². The molecule has 0 atom stereocenters. The highest BCUT2D eigenvalue weighted by Gasteiger charge is 2.16. The number of hydrogen-bond donors (Lipinski definition) is 2. The number of allylic oxidation sites excluding steroid dienone is 7. The van der Waals surface area contributed by atoms with Gasteiger partial charge in [-0.25, -0.2) is 0 Å². The summed E-state index contributed by atoms with van der Waals surface area (Å²) in [6.45, 7) is 25.8. The molecule has 1 aliphatic heterocycles. The van der Waals surface area contributed by atoms with E-state index in [9.17, 15) is 5.11 Å². The van der Waals surface area contributed by atoms with Gasteiger partial charge in [-0.1, -0.05) is 66.7 Å². The average Bonchev–Trinajstić information content (AvgIpc) is 2.96. The molecule has 1 aromatic carbocycles. The fraction of sp³-hybridized carbons (Fsp3) is 0.469. The van der Waals surface area contributed by atoms with Crippen molar-refractivity contribution < 1.29 is 5.11 Å². The summed E-state index contributed by atoms with van der Waals surface area (Å²) in [4.78, 5) is 6.58. The van der Waals surface area contributed by atoms with Crippen molar-refractivity contribution in [3.63, 3.8) is 0 Å². The maximum atomic E-state index is 10.7. The Bertz CT molecular complexity index is 1050. The molecule has 0 unspecified atom stereocenters. The molecule has 0 saturated carbocycles. The van der Waals surface area contributed by atoms with Crippen LogP contribution >= 0.6 is 0 Å². The highest BCUT2D eigenvalue weighted by Crippen LogP contribution is 2.30. The van der Waals surface area contributed by atoms with Gasteiger partial charge in [0.25, 0.3) is 0 Å². The van der Waals surface area contributed by atoms with Crippen LogP contribution in [0, 0.1) is 0 Å². The summed E-state index contributed by atoms with van der Waals surface area (Å²) in [5.41, 5.74) is 6.27. The quantitative estimate of drug-likeness (QED) is 0.246. The molecule has 1 aromatic rings. The van der Waals surface area contributed by atoms with E-state index in [4.69, 9.17) is 0 Å². The number of benzene rings is 1. The maximum absolute atomic E-state index is 10.7. The van der Waals surface area contributed by atoms with Crippen molar-refractivity contribution in [2.45, 2.75) is 68.7 Å². The second kappa shape index (κ2) is 19.8. The number of nitrogens with one attached hydrogen (secondary N) is 1. The zero-order valence-electron chi connectivity index (χ0n) is 25.5. The molecule has 0 aromatic heterocycles. The smallest absolute Gasteiger partial charge is 0.125 e. The second-order valence-corrected chi connectivity index (χ2v) is 8.26. The normalized spacial score (nSPS) is 17.7. The van der Waals surface area contributed by atoms with Gasteiger partial charge >= 0.3 is 0 Å². The van der Waals surface area contributed by atoms with Crippen LogP contribution in [-0.4, -0.2) is 60.5 Å². The molecule has 3 rings (SSSR count). The molecule has 0 radical (unpaired) electrons. The molecule has 38 heavy (non-hydrogen) atoms. The molecule has 2 N–H and O–H groups in total. The van der Waals surface area contributed by atoms with E-state index >= 15 is 0 Å². The lowest BCUT2D eigenvalue weighted by atomic mass is 9.89. The molecule has 6 nitrogen and oxygen atoms in total. The Balaban J connectivity index is 0.00000179. The van der Waals surface area contributed by atoms with Crippen LogP contribution in [0.3, 0.4) is 0 Å². The van der Waals surface area contributed by atoms with Crippen LogP contribution in [0.4, 0.5) is 0 Å². The third-order valence-corrected chi connectivity index (χ3v) is 5.54. The zero-order chi connectivity index (χ0) is 29.1. The standard InChI is InChI=1S/C25H31N5O.C3H8.2C2H6/c1-6-19-15-21(14-17(3)25(19)26-5)20-8-9-22(24(31)16-20)23(7-2)29-28-18(4)30-12-10-27-11-13-30;1-3-2;2*1-2/h6-9,14-16,27,31H,2,10-13H2,1,3-5H3;3H2,1-2H3;2*1-2H3/b19-6-,26-25?,28-18+,29-23+;;;. The monoisotopic (exact) mass is 521 g/mol. The Labute approximate surface area is 232 Å². The Morgan fingerprint density at radius 1 is 1.08 bits per heavy atom. The number of phenols is 1. The van der Waals surface area contributed by atoms with Gasteiger partial charge in [0.2, 0.25) is 0 Å². The molecule has 1 aliphatic carbocycles. The lowest BCUT2D eigenvalue weighted by Crippen LogP contribution is -2.45. The van der Waals surface area contributed by atoms with E-state index in [1.165, 1.54) is 6.42 Å². The predicted molar refractivity (Wildman–Crippen MR) is 170 cm³/mol. The van der Waals surface area contributed by atoms with Gasteiger partial charge in [-0.3, -0.25) is 4.99 Å². The van der Waals surface area contributed by atoms with Gasteiger partial charge in [0.05, 0.1) is 11.4 Å². The molecule has 2 aliphatic rings. The highest BCUT2D eigenvalue weighted by molar-refractivity contribution is 6.18. The SMILES string of the molecule is C=C/C(=N\N=C(/C)N1CCNCC1)c1ccc(C2=C/C(=C/C)C(=NC)C(C)=C2)cc1O.CC.CC.CCC. The van der Waals surface area contributed by atoms with Crippen LogP contribution in [0.25, 0.3) is 5.57 Å². The Kier molecular flexibility index (Phi) is 18.1. The van der Waals surface area contributed by atoms with Crippen LogP contribution in [0.5, 0.6) is 5.75 Å². The fourth-order valence-corrected chi connectivity index (χ4v) is 3.81. The summed E-state index contributed by atoms with van der Waals surface area (Å²) < 4.78 is 0. The number of nitrogens with zero attached hydrogens (tertiary/aromatic N) is 4. The molecular formula is C32H51N5O. The first-order valence-corrected chi connectivity index (χ1v) is 14.0. The molecule has 1 fully saturated rings. The molecule has 1 heterocycles. The van der Waals surface area contributed by atoms with Crippen molar-refractivity contribution in [1.82, 2.24) is 10.2 Å². The van der Waals surface area contributed by atoms with E-state index in [0.717, 1.165) is 60.0 Å². The Hall–Kier alpha value is -3.25. The van der Waals surface area contributed by atoms with Gasteiger partial charge < -0.3 is 15.3 Å². The van der Waals surface area contributed by atoms with Crippen molar-refractivity contribution in [2.75, 3.05) is 33.2 Å². The number of rotatable bonds is 4. The summed E-state index contributed by atoms with van der Waals surface area (Å²) in [5.74, 6) is 1.01. The lowest BCUT2D eigenvalue weighted by molar-refractivity contribution is 0.355. The zero-order valence-corrected chi connectivity index (χ0v) is 25.5. The van der Waals surface area contributed by atoms with Crippen LogP contribution < -0.4 is 5.32 Å². The van der Waals surface area contributed by atoms with Crippen molar-refractivity contribution >= 4 is 22.8 Å². The van der Waals surface area contributed by atoms with Crippen molar-refractivity contribution in [3.05, 3.63) is 71.4 Å². The number of aromatic hydroxyl groups is 1. The van der Waals surface area contributed by atoms with Gasteiger partial charge in [0.15, 0.2) is 0 Å². The maximum Gasteiger partial charge on any atom is 0.125 e. The summed E-state index contributed by atoms with van der Waals surface area (Å²) in [6, 6.07) is 5.61. The van der Waals surface area contributed by atoms with Gasteiger partial charge in [-0.15, -0.1) is 10.2 Å². The minimum absolute atomic E-state index is 0.148. The summed E-state index contributed by atoms with van der Waals surface area (Å²) in [6.07, 6.45) is 9.10.